The highest BCUT2D eigenvalue weighted by atomic mass is 35.5. The second-order valence-corrected chi connectivity index (χ2v) is 11.7. The quantitative estimate of drug-likeness (QED) is 0.176. The van der Waals surface area contributed by atoms with Crippen LogP contribution in [0, 0.1) is 18.3 Å². The molecule has 3 aromatic carbocycles. The Labute approximate surface area is 275 Å². The number of aromatic nitrogens is 1. The second kappa shape index (κ2) is 16.1. The summed E-state index contributed by atoms with van der Waals surface area (Å²) in [6, 6.07) is 25.1. The predicted octanol–water partition coefficient (Wildman–Crippen LogP) is 6.57. The van der Waals surface area contributed by atoms with E-state index < -0.39 is 0 Å². The molecule has 0 radical (unpaired) electrons. The van der Waals surface area contributed by atoms with Crippen LogP contribution in [0.15, 0.2) is 85.1 Å². The van der Waals surface area contributed by atoms with Crippen LogP contribution in [0.1, 0.15) is 39.8 Å². The number of carbonyl (C=O) groups excluding carboxylic acids is 1. The molecule has 1 saturated heterocycles. The van der Waals surface area contributed by atoms with Gasteiger partial charge in [-0.2, -0.15) is 5.26 Å². The average molecular weight is 637 g/mol. The molecule has 46 heavy (non-hydrogen) atoms. The maximum Gasteiger partial charge on any atom is 0.246 e. The van der Waals surface area contributed by atoms with Gasteiger partial charge in [-0.15, -0.1) is 0 Å². The van der Waals surface area contributed by atoms with Gasteiger partial charge in [0.1, 0.15) is 12.4 Å². The standard InChI is InChI=1S/C37H37ClN4O4/c1-27-21-32(12-15-36(44)42-18-16-41(17-19-42)25-30-8-4-28(5-9-30)3-2-20-43)22-34(38)37(27)46-35-14-13-33(24-40-35)45-26-31-10-6-29(23-39)7-11-31/h4-15,21-22,24,43H,2-3,16-20,25-26H2,1H3/b15-12+. The maximum atomic E-state index is 12.9. The highest BCUT2D eigenvalue weighted by Crippen LogP contribution is 2.34. The largest absolute Gasteiger partial charge is 0.487 e. The summed E-state index contributed by atoms with van der Waals surface area (Å²) in [6.45, 7) is 6.32. The van der Waals surface area contributed by atoms with Crippen LogP contribution in [-0.2, 0) is 24.4 Å². The number of hydrogen-bond acceptors (Lipinski definition) is 7. The van der Waals surface area contributed by atoms with Crippen molar-refractivity contribution in [3.8, 4) is 23.4 Å². The Balaban J connectivity index is 1.09. The van der Waals surface area contributed by atoms with Gasteiger partial charge in [-0.3, -0.25) is 9.69 Å². The molecule has 0 spiro atoms. The van der Waals surface area contributed by atoms with Crippen molar-refractivity contribution in [3.05, 3.63) is 123 Å². The Morgan fingerprint density at radius 2 is 1.72 bits per heavy atom. The number of nitrogens with zero attached hydrogens (tertiary/aromatic N) is 4. The van der Waals surface area contributed by atoms with Crippen LogP contribution in [0.5, 0.6) is 17.4 Å². The molecule has 0 aliphatic carbocycles. The fraction of sp³-hybridized carbons (Fsp3) is 0.270. The molecule has 0 bridgehead atoms. The molecule has 1 N–H and O–H groups in total. The summed E-state index contributed by atoms with van der Waals surface area (Å²) in [7, 11) is 0. The van der Waals surface area contributed by atoms with Gasteiger partial charge in [0.25, 0.3) is 0 Å². The molecule has 1 aliphatic heterocycles. The number of ether oxygens (including phenoxy) is 2. The van der Waals surface area contributed by atoms with E-state index in [1.807, 2.05) is 30.0 Å². The van der Waals surface area contributed by atoms with Crippen molar-refractivity contribution in [2.45, 2.75) is 32.9 Å². The van der Waals surface area contributed by atoms with E-state index in [9.17, 15) is 4.79 Å². The van der Waals surface area contributed by atoms with Crippen molar-refractivity contribution < 1.29 is 19.4 Å². The Hall–Kier alpha value is -4.68. The molecule has 0 saturated carbocycles. The molecule has 0 unspecified atom stereocenters. The third-order valence-electron chi connectivity index (χ3n) is 7.81. The highest BCUT2D eigenvalue weighted by molar-refractivity contribution is 6.32. The molecule has 0 atom stereocenters. The van der Waals surface area contributed by atoms with Gasteiger partial charge >= 0.3 is 0 Å². The van der Waals surface area contributed by atoms with Gasteiger partial charge in [0.2, 0.25) is 11.8 Å². The summed E-state index contributed by atoms with van der Waals surface area (Å²) in [5.74, 6) is 1.45. The Kier molecular flexibility index (Phi) is 11.4. The lowest BCUT2D eigenvalue weighted by atomic mass is 10.1. The first-order valence-corrected chi connectivity index (χ1v) is 15.7. The molecule has 1 aromatic heterocycles. The molecular formula is C37H37ClN4O4. The number of nitriles is 1. The number of benzene rings is 3. The van der Waals surface area contributed by atoms with Crippen LogP contribution in [-0.4, -0.2) is 58.6 Å². The van der Waals surface area contributed by atoms with Crippen LogP contribution in [0.2, 0.25) is 5.02 Å². The Bertz CT molecular complexity index is 1650. The van der Waals surface area contributed by atoms with Gasteiger partial charge in [-0.1, -0.05) is 48.0 Å². The molecule has 4 aromatic rings. The Morgan fingerprint density at radius 1 is 1.00 bits per heavy atom. The van der Waals surface area contributed by atoms with E-state index in [4.69, 9.17) is 31.4 Å². The number of aliphatic hydroxyl groups is 1. The number of amides is 1. The van der Waals surface area contributed by atoms with Gasteiger partial charge in [-0.05, 0) is 84.0 Å². The first kappa shape index (κ1) is 32.7. The van der Waals surface area contributed by atoms with E-state index in [-0.39, 0.29) is 12.5 Å². The fourth-order valence-electron chi connectivity index (χ4n) is 5.19. The number of halogens is 1. The molecule has 1 amide bonds. The normalized spacial score (nSPS) is 13.5. The zero-order valence-corrected chi connectivity index (χ0v) is 26.6. The summed E-state index contributed by atoms with van der Waals surface area (Å²) in [5, 5.41) is 18.4. The van der Waals surface area contributed by atoms with Crippen molar-refractivity contribution in [2.75, 3.05) is 32.8 Å². The van der Waals surface area contributed by atoms with Crippen LogP contribution < -0.4 is 9.47 Å². The van der Waals surface area contributed by atoms with Crippen LogP contribution in [0.25, 0.3) is 6.08 Å². The van der Waals surface area contributed by atoms with Gasteiger partial charge in [0, 0.05) is 51.5 Å². The topological polar surface area (TPSA) is 98.9 Å². The third-order valence-corrected chi connectivity index (χ3v) is 8.09. The maximum absolute atomic E-state index is 12.9. The molecule has 236 valence electrons. The number of carbonyl (C=O) groups is 1. The monoisotopic (exact) mass is 636 g/mol. The van der Waals surface area contributed by atoms with Crippen molar-refractivity contribution in [2.24, 2.45) is 0 Å². The lowest BCUT2D eigenvalue weighted by Gasteiger charge is -2.34. The van der Waals surface area contributed by atoms with E-state index in [1.165, 1.54) is 11.1 Å². The molecule has 9 heteroatoms. The number of rotatable bonds is 12. The lowest BCUT2D eigenvalue weighted by Crippen LogP contribution is -2.47. The van der Waals surface area contributed by atoms with Crippen molar-refractivity contribution in [1.82, 2.24) is 14.8 Å². The molecule has 8 nitrogen and oxygen atoms in total. The fourth-order valence-corrected chi connectivity index (χ4v) is 5.51. The van der Waals surface area contributed by atoms with Gasteiger partial charge < -0.3 is 19.5 Å². The molecular weight excluding hydrogens is 600 g/mol. The number of pyridine rings is 1. The van der Waals surface area contributed by atoms with Crippen LogP contribution >= 0.6 is 11.6 Å². The van der Waals surface area contributed by atoms with E-state index in [1.54, 1.807) is 48.7 Å². The van der Waals surface area contributed by atoms with Crippen molar-refractivity contribution in [1.29, 1.82) is 5.26 Å². The first-order valence-electron chi connectivity index (χ1n) is 15.3. The van der Waals surface area contributed by atoms with E-state index >= 15 is 0 Å². The minimum atomic E-state index is -0.0207. The van der Waals surface area contributed by atoms with Gasteiger partial charge in [-0.25, -0.2) is 4.98 Å². The minimum Gasteiger partial charge on any atom is -0.487 e. The number of aryl methyl sites for hydroxylation is 2. The average Bonchev–Trinajstić information content (AvgIpc) is 3.08. The zero-order valence-electron chi connectivity index (χ0n) is 25.9. The minimum absolute atomic E-state index is 0.0207. The zero-order chi connectivity index (χ0) is 32.3. The predicted molar refractivity (Wildman–Crippen MR) is 179 cm³/mol. The third kappa shape index (κ3) is 9.18. The van der Waals surface area contributed by atoms with Crippen LogP contribution in [0.4, 0.5) is 0 Å². The van der Waals surface area contributed by atoms with E-state index in [0.717, 1.165) is 49.2 Å². The van der Waals surface area contributed by atoms with Gasteiger partial charge in [0.05, 0.1) is 22.9 Å². The number of hydrogen-bond donors (Lipinski definition) is 1. The van der Waals surface area contributed by atoms with Crippen molar-refractivity contribution in [3.63, 3.8) is 0 Å². The molecule has 2 heterocycles. The van der Waals surface area contributed by atoms with E-state index in [2.05, 4.69) is 40.2 Å². The van der Waals surface area contributed by atoms with Gasteiger partial charge in [0.15, 0.2) is 5.75 Å². The highest BCUT2D eigenvalue weighted by Gasteiger charge is 2.20. The second-order valence-electron chi connectivity index (χ2n) is 11.3. The molecule has 5 rings (SSSR count). The summed E-state index contributed by atoms with van der Waals surface area (Å²) in [6.07, 6.45) is 6.65. The van der Waals surface area contributed by atoms with Crippen LogP contribution in [0.3, 0.4) is 0 Å². The van der Waals surface area contributed by atoms with Crippen molar-refractivity contribution >= 4 is 23.6 Å². The summed E-state index contributed by atoms with van der Waals surface area (Å²) >= 11 is 6.59. The smallest absolute Gasteiger partial charge is 0.246 e. The number of aliphatic hydroxyl groups excluding tert-OH is 1. The summed E-state index contributed by atoms with van der Waals surface area (Å²) in [4.78, 5) is 21.5. The number of piperazine rings is 1. The Morgan fingerprint density at radius 3 is 2.37 bits per heavy atom. The molecule has 1 aliphatic rings. The lowest BCUT2D eigenvalue weighted by molar-refractivity contribution is -0.127. The van der Waals surface area contributed by atoms with E-state index in [0.29, 0.717) is 47.7 Å². The summed E-state index contributed by atoms with van der Waals surface area (Å²) < 4.78 is 11.8. The SMILES string of the molecule is Cc1cc(/C=C/C(=O)N2CCN(Cc3ccc(CCCO)cc3)CC2)cc(Cl)c1Oc1ccc(OCc2ccc(C#N)cc2)cn1. The molecule has 1 fully saturated rings. The first-order chi connectivity index (χ1) is 22.4. The summed E-state index contributed by atoms with van der Waals surface area (Å²) in [5.41, 5.74) is 5.68.